The van der Waals surface area contributed by atoms with E-state index in [2.05, 4.69) is 23.6 Å². The highest BCUT2D eigenvalue weighted by Gasteiger charge is 2.32. The number of aromatic nitrogens is 3. The molecule has 1 saturated heterocycles. The molecule has 0 aliphatic carbocycles. The van der Waals surface area contributed by atoms with Crippen molar-refractivity contribution in [3.8, 4) is 0 Å². The van der Waals surface area contributed by atoms with Crippen molar-refractivity contribution in [2.75, 3.05) is 17.5 Å². The van der Waals surface area contributed by atoms with E-state index in [-0.39, 0.29) is 11.9 Å². The van der Waals surface area contributed by atoms with Gasteiger partial charge >= 0.3 is 0 Å². The average molecular weight is 525 g/mol. The Morgan fingerprint density at radius 1 is 1.21 bits per heavy atom. The van der Waals surface area contributed by atoms with Crippen LogP contribution in [0.25, 0.3) is 5.65 Å². The van der Waals surface area contributed by atoms with Crippen LogP contribution in [0.2, 0.25) is 10.2 Å². The van der Waals surface area contributed by atoms with Gasteiger partial charge in [0.2, 0.25) is 0 Å². The van der Waals surface area contributed by atoms with Crippen LogP contribution in [-0.4, -0.2) is 38.2 Å². The van der Waals surface area contributed by atoms with Crippen molar-refractivity contribution in [3.05, 3.63) is 57.5 Å². The fourth-order valence-electron chi connectivity index (χ4n) is 3.70. The second-order valence-corrected chi connectivity index (χ2v) is 9.21. The first-order valence-electron chi connectivity index (χ1n) is 11.8. The summed E-state index contributed by atoms with van der Waals surface area (Å²) in [6, 6.07) is 7.15. The summed E-state index contributed by atoms with van der Waals surface area (Å²) in [5.41, 5.74) is 3.70. The minimum absolute atomic E-state index is 0.0482. The molecule has 6 nitrogen and oxygen atoms in total. The predicted molar refractivity (Wildman–Crippen MR) is 146 cm³/mol. The van der Waals surface area contributed by atoms with Crippen LogP contribution in [0.4, 0.5) is 5.69 Å². The first kappa shape index (κ1) is 28.3. The lowest BCUT2D eigenvalue weighted by Crippen LogP contribution is -2.39. The molecule has 1 amide bonds. The molecule has 3 heterocycles. The Hall–Kier alpha value is -1.96. The highest BCUT2D eigenvalue weighted by molar-refractivity contribution is 7.99. The van der Waals surface area contributed by atoms with Crippen LogP contribution in [0.15, 0.2) is 30.5 Å². The summed E-state index contributed by atoms with van der Waals surface area (Å²) in [6.07, 6.45) is 7.89. The number of nitrogens with zero attached hydrogens (tertiary/aromatic N) is 4. The number of nitrogens with one attached hydrogen (secondary N) is 1. The first-order chi connectivity index (χ1) is 16.4. The van der Waals surface area contributed by atoms with E-state index in [1.54, 1.807) is 16.6 Å². The van der Waals surface area contributed by atoms with Crippen molar-refractivity contribution < 1.29 is 4.79 Å². The van der Waals surface area contributed by atoms with Crippen LogP contribution in [-0.2, 0) is 0 Å². The van der Waals surface area contributed by atoms with E-state index in [9.17, 15) is 4.79 Å². The van der Waals surface area contributed by atoms with Crippen molar-refractivity contribution in [2.45, 2.75) is 66.3 Å². The normalized spacial score (nSPS) is 15.2. The first-order valence-corrected chi connectivity index (χ1v) is 13.8. The van der Waals surface area contributed by atoms with E-state index in [1.165, 1.54) is 18.4 Å². The van der Waals surface area contributed by atoms with Gasteiger partial charge in [0.15, 0.2) is 5.65 Å². The highest BCUT2D eigenvalue weighted by Crippen LogP contribution is 2.34. The number of rotatable bonds is 4. The maximum absolute atomic E-state index is 13.5. The van der Waals surface area contributed by atoms with E-state index in [0.717, 1.165) is 36.2 Å². The second-order valence-electron chi connectivity index (χ2n) is 7.80. The Balaban J connectivity index is 0.000000758. The van der Waals surface area contributed by atoms with Gasteiger partial charge in [0.25, 0.3) is 5.91 Å². The van der Waals surface area contributed by atoms with Gasteiger partial charge in [-0.2, -0.15) is 5.10 Å². The number of piperidine rings is 1. The molecule has 34 heavy (non-hydrogen) atoms. The number of amides is 1. The van der Waals surface area contributed by atoms with E-state index >= 15 is 0 Å². The Bertz CT molecular complexity index is 1050. The van der Waals surface area contributed by atoms with Crippen LogP contribution in [0, 0.1) is 6.92 Å². The molecule has 1 fully saturated rings. The second kappa shape index (κ2) is 13.8. The van der Waals surface area contributed by atoms with Gasteiger partial charge in [-0.05, 0) is 44.4 Å². The SMILES string of the molecule is CC.CCC.CSNc1ccc(Cl)cc1C(=O)N1CCCCC1c1cc2nc(Cl)c(C)cn2n1. The predicted octanol–water partition coefficient (Wildman–Crippen LogP) is 7.84. The number of anilines is 1. The Labute approximate surface area is 217 Å². The molecule has 9 heteroatoms. The monoisotopic (exact) mass is 523 g/mol. The molecular weight excluding hydrogens is 489 g/mol. The molecule has 0 radical (unpaired) electrons. The molecule has 0 saturated carbocycles. The summed E-state index contributed by atoms with van der Waals surface area (Å²) < 4.78 is 4.91. The van der Waals surface area contributed by atoms with E-state index in [4.69, 9.17) is 28.3 Å². The van der Waals surface area contributed by atoms with Gasteiger partial charge in [-0.15, -0.1) is 0 Å². The van der Waals surface area contributed by atoms with Crippen molar-refractivity contribution in [3.63, 3.8) is 0 Å². The summed E-state index contributed by atoms with van der Waals surface area (Å²) >= 11 is 13.8. The van der Waals surface area contributed by atoms with Crippen LogP contribution in [0.1, 0.15) is 81.0 Å². The molecule has 1 N–H and O–H groups in total. The highest BCUT2D eigenvalue weighted by atomic mass is 35.5. The number of hydrogen-bond donors (Lipinski definition) is 1. The number of carbonyl (C=O) groups excluding carboxylic acids is 1. The molecule has 1 aliphatic heterocycles. The number of halogens is 2. The molecule has 1 unspecified atom stereocenters. The van der Waals surface area contributed by atoms with Gasteiger partial charge in [-0.1, -0.05) is 69.3 Å². The Kier molecular flexibility index (Phi) is 11.5. The quantitative estimate of drug-likeness (QED) is 0.278. The van der Waals surface area contributed by atoms with Crippen LogP contribution in [0.5, 0.6) is 0 Å². The van der Waals surface area contributed by atoms with Crippen molar-refractivity contribution in [1.29, 1.82) is 0 Å². The number of benzene rings is 1. The van der Waals surface area contributed by atoms with Crippen LogP contribution < -0.4 is 4.72 Å². The summed E-state index contributed by atoms with van der Waals surface area (Å²) in [6.45, 7) is 10.8. The third kappa shape index (κ3) is 6.80. The third-order valence-corrected chi connectivity index (χ3v) is 6.16. The van der Waals surface area contributed by atoms with Crippen LogP contribution >= 0.6 is 35.1 Å². The summed E-state index contributed by atoms with van der Waals surface area (Å²) in [7, 11) is 0. The lowest BCUT2D eigenvalue weighted by Gasteiger charge is -2.35. The van der Waals surface area contributed by atoms with E-state index in [1.807, 2.05) is 50.3 Å². The molecule has 2 aromatic heterocycles. The molecule has 4 rings (SSSR count). The van der Waals surface area contributed by atoms with Crippen LogP contribution in [0.3, 0.4) is 0 Å². The molecular formula is C25H35Cl2N5OS. The average Bonchev–Trinajstić information content (AvgIpc) is 3.24. The molecule has 3 aromatic rings. The minimum atomic E-state index is -0.113. The van der Waals surface area contributed by atoms with Crippen molar-refractivity contribution in [1.82, 2.24) is 19.5 Å². The maximum atomic E-state index is 13.5. The van der Waals surface area contributed by atoms with Crippen molar-refractivity contribution in [2.24, 2.45) is 0 Å². The molecule has 1 aliphatic rings. The zero-order chi connectivity index (χ0) is 25.3. The zero-order valence-electron chi connectivity index (χ0n) is 20.9. The summed E-state index contributed by atoms with van der Waals surface area (Å²) in [5, 5.41) is 5.70. The largest absolute Gasteiger partial charge is 0.330 e. The fraction of sp³-hybridized carbons (Fsp3) is 0.480. The minimum Gasteiger partial charge on any atom is -0.330 e. The zero-order valence-corrected chi connectivity index (χ0v) is 23.2. The van der Waals surface area contributed by atoms with Gasteiger partial charge in [-0.25, -0.2) is 9.50 Å². The molecule has 1 atom stereocenters. The third-order valence-electron chi connectivity index (χ3n) is 5.12. The lowest BCUT2D eigenvalue weighted by molar-refractivity contribution is 0.0607. The smallest absolute Gasteiger partial charge is 0.256 e. The number of hydrogen-bond acceptors (Lipinski definition) is 5. The van der Waals surface area contributed by atoms with Gasteiger partial charge in [0.05, 0.1) is 23.0 Å². The molecule has 0 bridgehead atoms. The van der Waals surface area contributed by atoms with E-state index in [0.29, 0.717) is 27.9 Å². The molecule has 0 spiro atoms. The number of carbonyl (C=O) groups is 1. The van der Waals surface area contributed by atoms with Gasteiger partial charge in [0.1, 0.15) is 5.15 Å². The molecule has 1 aromatic carbocycles. The fourth-order valence-corrected chi connectivity index (χ4v) is 4.40. The summed E-state index contributed by atoms with van der Waals surface area (Å²) in [4.78, 5) is 19.8. The maximum Gasteiger partial charge on any atom is 0.256 e. The number of likely N-dealkylation sites (tertiary alicyclic amines) is 1. The Morgan fingerprint density at radius 2 is 1.91 bits per heavy atom. The summed E-state index contributed by atoms with van der Waals surface area (Å²) in [5.74, 6) is -0.0482. The number of fused-ring (bicyclic) bond motifs is 1. The standard InChI is InChI=1S/C20H21Cl2N5OS.C3H8.C2H6/c1-12-11-27-18(23-19(12)22)10-16(24-27)17-5-3-4-8-26(17)20(28)14-9-13(21)6-7-15(14)25-29-2;1-3-2;1-2/h6-7,9-11,17,25H,3-5,8H2,1-2H3;3H2,1-2H3;1-2H3. The Morgan fingerprint density at radius 3 is 2.59 bits per heavy atom. The van der Waals surface area contributed by atoms with Gasteiger partial charge in [-0.3, -0.25) is 4.79 Å². The lowest BCUT2D eigenvalue weighted by atomic mass is 9.98. The molecule has 186 valence electrons. The number of aryl methyl sites for hydroxylation is 1. The van der Waals surface area contributed by atoms with Crippen molar-refractivity contribution >= 4 is 52.4 Å². The van der Waals surface area contributed by atoms with Gasteiger partial charge in [0, 0.05) is 35.6 Å². The van der Waals surface area contributed by atoms with Gasteiger partial charge < -0.3 is 9.62 Å². The topological polar surface area (TPSA) is 62.5 Å². The van der Waals surface area contributed by atoms with E-state index < -0.39 is 0 Å².